The summed E-state index contributed by atoms with van der Waals surface area (Å²) in [5.74, 6) is 1.24. The predicted molar refractivity (Wildman–Crippen MR) is 60.2 cm³/mol. The molecule has 1 aliphatic heterocycles. The summed E-state index contributed by atoms with van der Waals surface area (Å²) < 4.78 is 0. The second kappa shape index (κ2) is 5.63. The van der Waals surface area contributed by atoms with Crippen LogP contribution in [0.1, 0.15) is 41.0 Å². The molecule has 1 rings (SSSR count). The van der Waals surface area contributed by atoms with Crippen molar-refractivity contribution in [2.45, 2.75) is 41.0 Å². The van der Waals surface area contributed by atoms with Gasteiger partial charge in [0.15, 0.2) is 0 Å². The van der Waals surface area contributed by atoms with Crippen LogP contribution in [-0.2, 0) is 0 Å². The van der Waals surface area contributed by atoms with Crippen molar-refractivity contribution in [1.82, 2.24) is 0 Å². The summed E-state index contributed by atoms with van der Waals surface area (Å²) in [4.78, 5) is 4.46. The fourth-order valence-corrected chi connectivity index (χ4v) is 2.03. The summed E-state index contributed by atoms with van der Waals surface area (Å²) in [7, 11) is 0. The first-order chi connectivity index (χ1) is 5.60. The molecule has 1 nitrogen and oxygen atoms in total. The second-order valence-corrected chi connectivity index (χ2v) is 4.89. The van der Waals surface area contributed by atoms with Gasteiger partial charge >= 0.3 is 0 Å². The number of hydrogen-bond acceptors (Lipinski definition) is 2. The maximum Gasteiger partial charge on any atom is 0.0645 e. The lowest BCUT2D eigenvalue weighted by atomic mass is 9.91. The molecule has 0 aliphatic carbocycles. The van der Waals surface area contributed by atoms with E-state index in [9.17, 15) is 0 Å². The number of aliphatic imine (C=N–C) groups is 1. The molecule has 0 spiro atoms. The molecule has 0 aromatic carbocycles. The minimum atomic E-state index is 0.435. The van der Waals surface area contributed by atoms with Gasteiger partial charge in [0.05, 0.1) is 5.04 Å². The first-order valence-electron chi connectivity index (χ1n) is 4.74. The molecular weight excluding hydrogens is 166 g/mol. The van der Waals surface area contributed by atoms with Crippen LogP contribution in [0.5, 0.6) is 0 Å². The monoisotopic (exact) mass is 187 g/mol. The standard InChI is InChI=1S/C8H15NS.C2H6/c1-7-9-6-8(2,3)4-5-10-7;1-2/h4-6H2,1-3H3;1-2H3. The van der Waals surface area contributed by atoms with Gasteiger partial charge in [-0.05, 0) is 24.5 Å². The van der Waals surface area contributed by atoms with Crippen LogP contribution < -0.4 is 0 Å². The van der Waals surface area contributed by atoms with Crippen LogP contribution in [0.4, 0.5) is 0 Å². The van der Waals surface area contributed by atoms with Crippen molar-refractivity contribution in [3.63, 3.8) is 0 Å². The van der Waals surface area contributed by atoms with Gasteiger partial charge in [-0.3, -0.25) is 4.99 Å². The average molecular weight is 187 g/mol. The van der Waals surface area contributed by atoms with Gasteiger partial charge in [-0.15, -0.1) is 11.8 Å². The highest BCUT2D eigenvalue weighted by Crippen LogP contribution is 2.26. The van der Waals surface area contributed by atoms with Gasteiger partial charge in [-0.1, -0.05) is 27.7 Å². The van der Waals surface area contributed by atoms with E-state index in [2.05, 4.69) is 25.8 Å². The van der Waals surface area contributed by atoms with Crippen LogP contribution in [0.2, 0.25) is 0 Å². The zero-order chi connectivity index (χ0) is 9.61. The lowest BCUT2D eigenvalue weighted by Gasteiger charge is -2.18. The van der Waals surface area contributed by atoms with Gasteiger partial charge in [0.25, 0.3) is 0 Å². The van der Waals surface area contributed by atoms with Crippen molar-refractivity contribution in [2.75, 3.05) is 12.3 Å². The van der Waals surface area contributed by atoms with E-state index in [0.29, 0.717) is 5.41 Å². The normalized spacial score (nSPS) is 21.6. The third-order valence-electron chi connectivity index (χ3n) is 1.82. The molecule has 2 heteroatoms. The molecule has 0 atom stereocenters. The minimum Gasteiger partial charge on any atom is -0.283 e. The summed E-state index contributed by atoms with van der Waals surface area (Å²) >= 11 is 1.89. The molecule has 72 valence electrons. The summed E-state index contributed by atoms with van der Waals surface area (Å²) in [6.07, 6.45) is 1.29. The highest BCUT2D eigenvalue weighted by atomic mass is 32.2. The molecular formula is C10H21NS. The zero-order valence-corrected chi connectivity index (χ0v) is 9.79. The Kier molecular flexibility index (Phi) is 5.64. The Morgan fingerprint density at radius 2 is 1.92 bits per heavy atom. The van der Waals surface area contributed by atoms with Crippen LogP contribution in [-0.4, -0.2) is 17.3 Å². The fourth-order valence-electron chi connectivity index (χ4n) is 0.925. The Morgan fingerprint density at radius 1 is 1.33 bits per heavy atom. The Labute approximate surface area is 81.0 Å². The molecule has 1 aliphatic rings. The van der Waals surface area contributed by atoms with Crippen molar-refractivity contribution in [2.24, 2.45) is 10.4 Å². The lowest BCUT2D eigenvalue weighted by Crippen LogP contribution is -2.14. The van der Waals surface area contributed by atoms with Crippen molar-refractivity contribution >= 4 is 16.8 Å². The van der Waals surface area contributed by atoms with Gasteiger partial charge in [-0.25, -0.2) is 0 Å². The molecule has 0 N–H and O–H groups in total. The summed E-state index contributed by atoms with van der Waals surface area (Å²) in [5.41, 5.74) is 0.435. The van der Waals surface area contributed by atoms with Gasteiger partial charge in [-0.2, -0.15) is 0 Å². The molecule has 1 heterocycles. The third kappa shape index (κ3) is 4.81. The Bertz CT molecular complexity index is 150. The summed E-state index contributed by atoms with van der Waals surface area (Å²) in [6.45, 7) is 11.7. The van der Waals surface area contributed by atoms with E-state index in [4.69, 9.17) is 0 Å². The van der Waals surface area contributed by atoms with Crippen LogP contribution in [0.25, 0.3) is 0 Å². The topological polar surface area (TPSA) is 12.4 Å². The van der Waals surface area contributed by atoms with Gasteiger partial charge < -0.3 is 0 Å². The highest BCUT2D eigenvalue weighted by Gasteiger charge is 2.19. The minimum absolute atomic E-state index is 0.435. The third-order valence-corrected chi connectivity index (χ3v) is 2.77. The number of rotatable bonds is 0. The largest absolute Gasteiger partial charge is 0.283 e. The molecule has 0 bridgehead atoms. The van der Waals surface area contributed by atoms with E-state index in [0.717, 1.165) is 6.54 Å². The number of hydrogen-bond donors (Lipinski definition) is 0. The first-order valence-corrected chi connectivity index (χ1v) is 5.73. The van der Waals surface area contributed by atoms with E-state index in [-0.39, 0.29) is 0 Å². The van der Waals surface area contributed by atoms with Crippen molar-refractivity contribution in [1.29, 1.82) is 0 Å². The second-order valence-electron chi connectivity index (χ2n) is 3.60. The van der Waals surface area contributed by atoms with E-state index < -0.39 is 0 Å². The molecule has 12 heavy (non-hydrogen) atoms. The predicted octanol–water partition coefficient (Wildman–Crippen LogP) is 3.59. The number of nitrogens with zero attached hydrogens (tertiary/aromatic N) is 1. The maximum atomic E-state index is 4.46. The van der Waals surface area contributed by atoms with Crippen LogP contribution in [0, 0.1) is 5.41 Å². The van der Waals surface area contributed by atoms with E-state index in [1.54, 1.807) is 0 Å². The van der Waals surface area contributed by atoms with Gasteiger partial charge in [0, 0.05) is 6.54 Å². The highest BCUT2D eigenvalue weighted by molar-refractivity contribution is 8.13. The van der Waals surface area contributed by atoms with Crippen molar-refractivity contribution in [3.8, 4) is 0 Å². The molecule has 0 unspecified atom stereocenters. The van der Waals surface area contributed by atoms with E-state index in [1.165, 1.54) is 17.2 Å². The first kappa shape index (κ1) is 12.0. The van der Waals surface area contributed by atoms with Gasteiger partial charge in [0.2, 0.25) is 0 Å². The molecule has 0 radical (unpaired) electrons. The fraction of sp³-hybridized carbons (Fsp3) is 0.900. The van der Waals surface area contributed by atoms with Crippen molar-refractivity contribution in [3.05, 3.63) is 0 Å². The van der Waals surface area contributed by atoms with Crippen LogP contribution in [0.3, 0.4) is 0 Å². The summed E-state index contributed by atoms with van der Waals surface area (Å²) in [5, 5.41) is 1.26. The molecule has 0 saturated heterocycles. The van der Waals surface area contributed by atoms with Crippen LogP contribution >= 0.6 is 11.8 Å². The van der Waals surface area contributed by atoms with Crippen LogP contribution in [0.15, 0.2) is 4.99 Å². The Hall–Kier alpha value is 0.0200. The number of thioether (sulfide) groups is 1. The molecule has 0 fully saturated rings. The van der Waals surface area contributed by atoms with Crippen molar-refractivity contribution < 1.29 is 0 Å². The van der Waals surface area contributed by atoms with Gasteiger partial charge in [0.1, 0.15) is 0 Å². The quantitative estimate of drug-likeness (QED) is 0.564. The Balaban J connectivity index is 0.000000561. The zero-order valence-electron chi connectivity index (χ0n) is 8.98. The van der Waals surface area contributed by atoms with E-state index >= 15 is 0 Å². The molecule has 0 aromatic rings. The smallest absolute Gasteiger partial charge is 0.0645 e. The Morgan fingerprint density at radius 3 is 2.50 bits per heavy atom. The SMILES string of the molecule is CC.CC1=NCC(C)(C)CCS1. The summed E-state index contributed by atoms with van der Waals surface area (Å²) in [6, 6.07) is 0. The maximum absolute atomic E-state index is 4.46. The molecule has 0 saturated carbocycles. The lowest BCUT2D eigenvalue weighted by molar-refractivity contribution is 0.371. The molecule has 0 aromatic heterocycles. The average Bonchev–Trinajstić information content (AvgIpc) is 2.17. The molecule has 0 amide bonds. The van der Waals surface area contributed by atoms with E-state index in [1.807, 2.05) is 25.6 Å².